The average Bonchev–Trinajstić information content (AvgIpc) is 2.25. The van der Waals surface area contributed by atoms with Crippen molar-refractivity contribution in [3.63, 3.8) is 0 Å². The van der Waals surface area contributed by atoms with E-state index in [9.17, 15) is 5.11 Å². The quantitative estimate of drug-likeness (QED) is 0.512. The van der Waals surface area contributed by atoms with Gasteiger partial charge in [-0.2, -0.15) is 0 Å². The summed E-state index contributed by atoms with van der Waals surface area (Å²) in [5, 5.41) is 9.69. The van der Waals surface area contributed by atoms with Crippen molar-refractivity contribution in [3.05, 3.63) is 0 Å². The first-order valence-corrected chi connectivity index (χ1v) is 4.05. The summed E-state index contributed by atoms with van der Waals surface area (Å²) in [4.78, 5) is 0. The molecule has 1 nitrogen and oxygen atoms in total. The Labute approximate surface area is 60.0 Å². The molecule has 0 unspecified atom stereocenters. The zero-order valence-electron chi connectivity index (χ0n) is 5.26. The van der Waals surface area contributed by atoms with Crippen LogP contribution in [0, 0.1) is 11.8 Å². The fourth-order valence-corrected chi connectivity index (χ4v) is 2.72. The van der Waals surface area contributed by atoms with E-state index in [1.807, 2.05) is 0 Å². The summed E-state index contributed by atoms with van der Waals surface area (Å²) in [6.45, 7) is 0. The van der Waals surface area contributed by atoms with Crippen LogP contribution in [0.1, 0.15) is 19.3 Å². The molecule has 0 aliphatic heterocycles. The normalized spacial score (nSPS) is 56.7. The fourth-order valence-electron chi connectivity index (χ4n) is 2.21. The Hall–Kier alpha value is 0.250. The van der Waals surface area contributed by atoms with Crippen LogP contribution in [-0.4, -0.2) is 16.6 Å². The van der Waals surface area contributed by atoms with Crippen molar-refractivity contribution < 1.29 is 5.11 Å². The number of hydrogen-bond acceptors (Lipinski definition) is 1. The molecule has 0 saturated heterocycles. The zero-order valence-corrected chi connectivity index (χ0v) is 6.01. The highest BCUT2D eigenvalue weighted by atomic mass is 35.5. The average molecular weight is 147 g/mol. The van der Waals surface area contributed by atoms with E-state index in [0.29, 0.717) is 11.8 Å². The van der Waals surface area contributed by atoms with Crippen LogP contribution in [0.25, 0.3) is 0 Å². The lowest BCUT2D eigenvalue weighted by Crippen LogP contribution is -2.15. The Morgan fingerprint density at radius 2 is 2.11 bits per heavy atom. The van der Waals surface area contributed by atoms with Crippen molar-refractivity contribution >= 4 is 11.6 Å². The molecule has 2 bridgehead atoms. The summed E-state index contributed by atoms with van der Waals surface area (Å²) in [6.07, 6.45) is 3.34. The highest BCUT2D eigenvalue weighted by molar-refractivity contribution is 6.21. The summed E-state index contributed by atoms with van der Waals surface area (Å²) >= 11 is 5.94. The van der Waals surface area contributed by atoms with Crippen LogP contribution < -0.4 is 0 Å². The van der Waals surface area contributed by atoms with Crippen LogP contribution in [0.3, 0.4) is 0 Å². The third-order valence-corrected chi connectivity index (χ3v) is 3.29. The molecule has 2 fully saturated rings. The Kier molecular flexibility index (Phi) is 1.24. The van der Waals surface area contributed by atoms with Crippen molar-refractivity contribution in [2.45, 2.75) is 30.7 Å². The maximum absolute atomic E-state index is 9.41. The van der Waals surface area contributed by atoms with E-state index in [1.54, 1.807) is 0 Å². The van der Waals surface area contributed by atoms with Gasteiger partial charge in [-0.25, -0.2) is 0 Å². The van der Waals surface area contributed by atoms with Gasteiger partial charge >= 0.3 is 0 Å². The molecule has 0 heterocycles. The molecular formula is C7H11ClO. The molecule has 0 aromatic rings. The molecule has 2 aliphatic carbocycles. The third-order valence-electron chi connectivity index (χ3n) is 2.78. The van der Waals surface area contributed by atoms with E-state index in [-0.39, 0.29) is 11.5 Å². The van der Waals surface area contributed by atoms with Gasteiger partial charge in [-0.1, -0.05) is 0 Å². The second-order valence-electron chi connectivity index (χ2n) is 3.24. The molecule has 2 saturated carbocycles. The molecule has 4 atom stereocenters. The van der Waals surface area contributed by atoms with Crippen molar-refractivity contribution in [2.75, 3.05) is 0 Å². The molecule has 0 spiro atoms. The number of aliphatic hydroxyl groups excluding tert-OH is 1. The summed E-state index contributed by atoms with van der Waals surface area (Å²) in [7, 11) is 0. The highest BCUT2D eigenvalue weighted by Crippen LogP contribution is 2.46. The second kappa shape index (κ2) is 1.86. The summed E-state index contributed by atoms with van der Waals surface area (Å²) in [5.41, 5.74) is 0. The summed E-state index contributed by atoms with van der Waals surface area (Å²) in [5.74, 6) is 0.967. The smallest absolute Gasteiger partial charge is 0.0611 e. The van der Waals surface area contributed by atoms with Gasteiger partial charge in [0.15, 0.2) is 0 Å². The topological polar surface area (TPSA) is 20.2 Å². The zero-order chi connectivity index (χ0) is 6.43. The van der Waals surface area contributed by atoms with Gasteiger partial charge in [-0.15, -0.1) is 11.6 Å². The fraction of sp³-hybridized carbons (Fsp3) is 1.00. The van der Waals surface area contributed by atoms with Crippen LogP contribution >= 0.6 is 11.6 Å². The van der Waals surface area contributed by atoms with E-state index < -0.39 is 0 Å². The van der Waals surface area contributed by atoms with Gasteiger partial charge in [0.05, 0.1) is 6.10 Å². The molecule has 9 heavy (non-hydrogen) atoms. The highest BCUT2D eigenvalue weighted by Gasteiger charge is 2.46. The SMILES string of the molecule is O[C@H]1[C@H]2CC[C@@H]1[C@@H](Cl)C2. The minimum Gasteiger partial charge on any atom is -0.392 e. The number of fused-ring (bicyclic) bond motifs is 2. The number of halogens is 1. The Balaban J connectivity index is 2.16. The van der Waals surface area contributed by atoms with Gasteiger partial charge in [0.2, 0.25) is 0 Å². The number of hydrogen-bond donors (Lipinski definition) is 1. The van der Waals surface area contributed by atoms with Crippen LogP contribution in [0.5, 0.6) is 0 Å². The minimum absolute atomic E-state index is 0.0625. The largest absolute Gasteiger partial charge is 0.392 e. The lowest BCUT2D eigenvalue weighted by Gasteiger charge is -2.12. The summed E-state index contributed by atoms with van der Waals surface area (Å²) < 4.78 is 0. The van der Waals surface area contributed by atoms with Crippen LogP contribution in [0.15, 0.2) is 0 Å². The molecule has 0 amide bonds. The van der Waals surface area contributed by atoms with Crippen molar-refractivity contribution in [1.29, 1.82) is 0 Å². The van der Waals surface area contributed by atoms with E-state index in [2.05, 4.69) is 0 Å². The van der Waals surface area contributed by atoms with E-state index in [0.717, 1.165) is 12.8 Å². The molecule has 0 aromatic heterocycles. The molecule has 1 N–H and O–H groups in total. The molecule has 2 rings (SSSR count). The molecule has 52 valence electrons. The number of alkyl halides is 1. The Bertz CT molecular complexity index is 126. The predicted octanol–water partition coefficient (Wildman–Crippen LogP) is 1.38. The van der Waals surface area contributed by atoms with Gasteiger partial charge in [0, 0.05) is 11.3 Å². The standard InChI is InChI=1S/C7H11ClO/c8-6-3-4-1-2-5(6)7(4)9/h4-7,9H,1-3H2/t4-,5+,6-,7-/m0/s1. The third kappa shape index (κ3) is 0.714. The van der Waals surface area contributed by atoms with E-state index in [1.165, 1.54) is 6.42 Å². The van der Waals surface area contributed by atoms with Crippen molar-refractivity contribution in [1.82, 2.24) is 0 Å². The van der Waals surface area contributed by atoms with Crippen LogP contribution in [0.4, 0.5) is 0 Å². The maximum Gasteiger partial charge on any atom is 0.0611 e. The second-order valence-corrected chi connectivity index (χ2v) is 3.80. The van der Waals surface area contributed by atoms with Gasteiger partial charge in [-0.3, -0.25) is 0 Å². The van der Waals surface area contributed by atoms with Gasteiger partial charge in [0.25, 0.3) is 0 Å². The van der Waals surface area contributed by atoms with Crippen molar-refractivity contribution in [3.8, 4) is 0 Å². The maximum atomic E-state index is 9.41. The van der Waals surface area contributed by atoms with Crippen molar-refractivity contribution in [2.24, 2.45) is 11.8 Å². The van der Waals surface area contributed by atoms with Crippen LogP contribution in [0.2, 0.25) is 0 Å². The lowest BCUT2D eigenvalue weighted by molar-refractivity contribution is 0.129. The number of rotatable bonds is 0. The van der Waals surface area contributed by atoms with Crippen LogP contribution in [-0.2, 0) is 0 Å². The number of aliphatic hydroxyl groups is 1. The lowest BCUT2D eigenvalue weighted by atomic mass is 10.0. The Morgan fingerprint density at radius 3 is 2.33 bits per heavy atom. The predicted molar refractivity (Wildman–Crippen MR) is 36.5 cm³/mol. The first-order valence-electron chi connectivity index (χ1n) is 3.61. The van der Waals surface area contributed by atoms with E-state index >= 15 is 0 Å². The molecule has 0 aromatic carbocycles. The first-order chi connectivity index (χ1) is 4.29. The van der Waals surface area contributed by atoms with Gasteiger partial charge < -0.3 is 5.11 Å². The minimum atomic E-state index is -0.0625. The monoisotopic (exact) mass is 146 g/mol. The van der Waals surface area contributed by atoms with Gasteiger partial charge in [-0.05, 0) is 25.2 Å². The molecule has 2 heteroatoms. The first kappa shape index (κ1) is 5.99. The van der Waals surface area contributed by atoms with E-state index in [4.69, 9.17) is 11.6 Å². The molecule has 0 radical (unpaired) electrons. The van der Waals surface area contributed by atoms with Gasteiger partial charge in [0.1, 0.15) is 0 Å². The summed E-state index contributed by atoms with van der Waals surface area (Å²) in [6, 6.07) is 0. The molecular weight excluding hydrogens is 136 g/mol. The molecule has 2 aliphatic rings. The Morgan fingerprint density at radius 1 is 1.33 bits per heavy atom.